The predicted octanol–water partition coefficient (Wildman–Crippen LogP) is 4.25. The van der Waals surface area contributed by atoms with Gasteiger partial charge in [-0.05, 0) is 35.8 Å². The van der Waals surface area contributed by atoms with Crippen LogP contribution in [-0.2, 0) is 10.3 Å². The van der Waals surface area contributed by atoms with Crippen LogP contribution in [0.25, 0.3) is 0 Å². The topological polar surface area (TPSA) is 34.5 Å². The minimum absolute atomic E-state index is 0.383. The van der Waals surface area contributed by atoms with E-state index in [0.717, 1.165) is 20.9 Å². The second kappa shape index (κ2) is 4.17. The van der Waals surface area contributed by atoms with Crippen LogP contribution in [0.1, 0.15) is 24.4 Å². The van der Waals surface area contributed by atoms with Crippen molar-refractivity contribution in [1.29, 1.82) is 0 Å². The first-order chi connectivity index (χ1) is 8.56. The first-order valence-electron chi connectivity index (χ1n) is 5.55. The summed E-state index contributed by atoms with van der Waals surface area (Å²) in [6.07, 6.45) is 0. The minimum atomic E-state index is -0.383. The molecule has 0 saturated heterocycles. The van der Waals surface area contributed by atoms with Gasteiger partial charge in [0, 0.05) is 10.9 Å². The number of rotatable bonds is 1. The largest absolute Gasteiger partial charge is 0.465 e. The Morgan fingerprint density at radius 2 is 2.06 bits per heavy atom. The molecule has 3 rings (SSSR count). The Balaban J connectivity index is 2.13. The third kappa shape index (κ3) is 1.97. The van der Waals surface area contributed by atoms with Gasteiger partial charge in [0.05, 0.1) is 5.69 Å². The van der Waals surface area contributed by atoms with Gasteiger partial charge in [-0.25, -0.2) is 9.98 Å². The van der Waals surface area contributed by atoms with Crippen LogP contribution in [0.5, 0.6) is 0 Å². The van der Waals surface area contributed by atoms with E-state index in [4.69, 9.17) is 4.74 Å². The molecule has 2 heterocycles. The van der Waals surface area contributed by atoms with Gasteiger partial charge in [-0.15, -0.1) is 11.3 Å². The van der Waals surface area contributed by atoms with Crippen LogP contribution in [0, 0.1) is 0 Å². The lowest BCUT2D eigenvalue weighted by atomic mass is 9.95. The highest BCUT2D eigenvalue weighted by Crippen LogP contribution is 2.38. The molecule has 0 bridgehead atoms. The molecule has 0 unspecified atom stereocenters. The van der Waals surface area contributed by atoms with Gasteiger partial charge in [0.25, 0.3) is 5.90 Å². The molecule has 0 spiro atoms. The average molecular weight is 323 g/mol. The van der Waals surface area contributed by atoms with Crippen LogP contribution >= 0.6 is 27.3 Å². The van der Waals surface area contributed by atoms with E-state index in [0.29, 0.717) is 5.90 Å². The maximum Gasteiger partial charge on any atom is 0.252 e. The predicted molar refractivity (Wildman–Crippen MR) is 76.6 cm³/mol. The maximum absolute atomic E-state index is 5.98. The summed E-state index contributed by atoms with van der Waals surface area (Å²) in [6.45, 7) is 4.09. The molecule has 0 fully saturated rings. The molecule has 1 aliphatic heterocycles. The summed E-state index contributed by atoms with van der Waals surface area (Å²) in [5, 5.41) is 2.72. The molecule has 0 aliphatic carbocycles. The van der Waals surface area contributed by atoms with Crippen molar-refractivity contribution in [1.82, 2.24) is 4.98 Å². The van der Waals surface area contributed by atoms with Crippen molar-refractivity contribution in [2.24, 2.45) is 4.99 Å². The molecule has 0 radical (unpaired) electrons. The fourth-order valence-electron chi connectivity index (χ4n) is 1.95. The van der Waals surface area contributed by atoms with Gasteiger partial charge in [0.15, 0.2) is 5.01 Å². The number of ether oxygens (including phenoxy) is 1. The molecule has 0 amide bonds. The van der Waals surface area contributed by atoms with Gasteiger partial charge < -0.3 is 4.74 Å². The van der Waals surface area contributed by atoms with Crippen LogP contribution in [0.3, 0.4) is 0 Å². The Morgan fingerprint density at radius 1 is 1.28 bits per heavy atom. The number of aromatic nitrogens is 1. The van der Waals surface area contributed by atoms with E-state index in [9.17, 15) is 0 Å². The molecular formula is C13H11BrN2OS. The maximum atomic E-state index is 5.98. The zero-order valence-corrected chi connectivity index (χ0v) is 12.4. The third-order valence-electron chi connectivity index (χ3n) is 2.79. The lowest BCUT2D eigenvalue weighted by molar-refractivity contribution is 0.0913. The normalized spacial score (nSPS) is 16.7. The second-order valence-electron chi connectivity index (χ2n) is 4.52. The van der Waals surface area contributed by atoms with E-state index in [1.165, 1.54) is 11.3 Å². The molecule has 2 aromatic rings. The Morgan fingerprint density at radius 3 is 2.78 bits per heavy atom. The van der Waals surface area contributed by atoms with Crippen molar-refractivity contribution in [3.8, 4) is 0 Å². The molecule has 3 nitrogen and oxygen atoms in total. The Kier molecular flexibility index (Phi) is 2.75. The van der Waals surface area contributed by atoms with Gasteiger partial charge in [0.1, 0.15) is 10.2 Å². The summed E-state index contributed by atoms with van der Waals surface area (Å²) < 4.78 is 6.79. The van der Waals surface area contributed by atoms with Crippen molar-refractivity contribution in [3.05, 3.63) is 44.8 Å². The number of para-hydroxylation sites is 1. The average Bonchev–Trinajstić information content (AvgIpc) is 2.75. The fraction of sp³-hybridized carbons (Fsp3) is 0.231. The van der Waals surface area contributed by atoms with E-state index in [2.05, 4.69) is 25.9 Å². The Bertz CT molecular complexity index is 633. The highest BCUT2D eigenvalue weighted by atomic mass is 79.9. The molecule has 18 heavy (non-hydrogen) atoms. The molecule has 0 saturated carbocycles. The third-order valence-corrected chi connectivity index (χ3v) is 4.33. The molecule has 1 aromatic carbocycles. The SMILES string of the molecule is CC1(C)OC(c2nc(Br)cs2)=Nc2ccccc21. The zero-order chi connectivity index (χ0) is 12.8. The summed E-state index contributed by atoms with van der Waals surface area (Å²) >= 11 is 4.87. The zero-order valence-electron chi connectivity index (χ0n) is 9.98. The quantitative estimate of drug-likeness (QED) is 0.786. The summed E-state index contributed by atoms with van der Waals surface area (Å²) in [6, 6.07) is 8.04. The van der Waals surface area contributed by atoms with E-state index < -0.39 is 0 Å². The van der Waals surface area contributed by atoms with Gasteiger partial charge in [-0.1, -0.05) is 18.2 Å². The molecule has 0 atom stereocenters. The van der Waals surface area contributed by atoms with Crippen LogP contribution < -0.4 is 0 Å². The van der Waals surface area contributed by atoms with Gasteiger partial charge >= 0.3 is 0 Å². The van der Waals surface area contributed by atoms with E-state index in [-0.39, 0.29) is 5.60 Å². The summed E-state index contributed by atoms with van der Waals surface area (Å²) in [5.41, 5.74) is 1.67. The number of thiazole rings is 1. The number of hydrogen-bond acceptors (Lipinski definition) is 4. The van der Waals surface area contributed by atoms with Crippen LogP contribution in [0.4, 0.5) is 5.69 Å². The molecule has 92 valence electrons. The summed E-state index contributed by atoms with van der Waals surface area (Å²) in [5.74, 6) is 0.592. The molecule has 0 N–H and O–H groups in total. The Labute approximate surface area is 118 Å². The monoisotopic (exact) mass is 322 g/mol. The lowest BCUT2D eigenvalue weighted by Crippen LogP contribution is -2.29. The highest BCUT2D eigenvalue weighted by molar-refractivity contribution is 9.10. The van der Waals surface area contributed by atoms with Crippen LogP contribution in [0.15, 0.2) is 39.2 Å². The van der Waals surface area contributed by atoms with Gasteiger partial charge in [0.2, 0.25) is 0 Å². The van der Waals surface area contributed by atoms with Crippen LogP contribution in [-0.4, -0.2) is 10.9 Å². The summed E-state index contributed by atoms with van der Waals surface area (Å²) in [4.78, 5) is 8.90. The van der Waals surface area contributed by atoms with Crippen molar-refractivity contribution < 1.29 is 4.74 Å². The minimum Gasteiger partial charge on any atom is -0.465 e. The molecular weight excluding hydrogens is 312 g/mol. The number of benzene rings is 1. The second-order valence-corrected chi connectivity index (χ2v) is 6.19. The first-order valence-corrected chi connectivity index (χ1v) is 7.22. The first kappa shape index (κ1) is 11.9. The number of halogens is 1. The fourth-order valence-corrected chi connectivity index (χ4v) is 3.13. The summed E-state index contributed by atoms with van der Waals surface area (Å²) in [7, 11) is 0. The molecule has 5 heteroatoms. The number of hydrogen-bond donors (Lipinski definition) is 0. The Hall–Kier alpha value is -1.20. The standard InChI is InChI=1S/C13H11BrN2OS/c1-13(2)8-5-3-4-6-9(8)15-11(17-13)12-16-10(14)7-18-12/h3-7H,1-2H3. The molecule has 1 aromatic heterocycles. The number of nitrogens with zero attached hydrogens (tertiary/aromatic N) is 2. The van der Waals surface area contributed by atoms with Gasteiger partial charge in [-0.2, -0.15) is 0 Å². The molecule has 1 aliphatic rings. The van der Waals surface area contributed by atoms with Crippen molar-refractivity contribution >= 4 is 38.9 Å². The van der Waals surface area contributed by atoms with Crippen molar-refractivity contribution in [2.45, 2.75) is 19.4 Å². The smallest absolute Gasteiger partial charge is 0.252 e. The lowest BCUT2D eigenvalue weighted by Gasteiger charge is -2.31. The van der Waals surface area contributed by atoms with Crippen LogP contribution in [0.2, 0.25) is 0 Å². The van der Waals surface area contributed by atoms with E-state index in [1.54, 1.807) is 0 Å². The number of fused-ring (bicyclic) bond motifs is 1. The number of aliphatic imine (C=N–C) groups is 1. The van der Waals surface area contributed by atoms with E-state index >= 15 is 0 Å². The van der Waals surface area contributed by atoms with E-state index in [1.807, 2.05) is 43.5 Å². The van der Waals surface area contributed by atoms with Crippen molar-refractivity contribution in [3.63, 3.8) is 0 Å². The van der Waals surface area contributed by atoms with Crippen molar-refractivity contribution in [2.75, 3.05) is 0 Å². The highest BCUT2D eigenvalue weighted by Gasteiger charge is 2.32. The van der Waals surface area contributed by atoms with Gasteiger partial charge in [-0.3, -0.25) is 0 Å².